The molecule has 0 aliphatic heterocycles. The van der Waals surface area contributed by atoms with Gasteiger partial charge in [-0.1, -0.05) is 23.7 Å². The van der Waals surface area contributed by atoms with Crippen LogP contribution < -0.4 is 14.9 Å². The van der Waals surface area contributed by atoms with E-state index in [0.29, 0.717) is 34.3 Å². The predicted octanol–water partition coefficient (Wildman–Crippen LogP) is 4.78. The first-order valence-electron chi connectivity index (χ1n) is 9.77. The molecular weight excluding hydrogens is 432 g/mol. The van der Waals surface area contributed by atoms with Gasteiger partial charge in [0.05, 0.1) is 18.4 Å². The van der Waals surface area contributed by atoms with Crippen LogP contribution in [0.5, 0.6) is 11.5 Å². The topological polar surface area (TPSA) is 97.2 Å². The smallest absolute Gasteiger partial charge is 0.335 e. The summed E-state index contributed by atoms with van der Waals surface area (Å²) in [7, 11) is 0. The summed E-state index contributed by atoms with van der Waals surface area (Å²) in [5.41, 5.74) is 4.67. The second-order valence-electron chi connectivity index (χ2n) is 6.64. The Balaban J connectivity index is 1.64. The molecule has 0 aliphatic rings. The molecule has 7 nitrogen and oxygen atoms in total. The molecule has 3 aromatic rings. The van der Waals surface area contributed by atoms with Gasteiger partial charge in [-0.15, -0.1) is 0 Å². The van der Waals surface area contributed by atoms with Crippen LogP contribution in [0, 0.1) is 0 Å². The molecule has 0 fully saturated rings. The SMILES string of the molecule is CCOc1cc(/C=N\NC(=O)c2ccc(Cl)cc2)ccc1OCc1ccc(C(=O)O)cc1. The fourth-order valence-corrected chi connectivity index (χ4v) is 2.85. The molecule has 0 bridgehead atoms. The molecule has 0 radical (unpaired) electrons. The van der Waals surface area contributed by atoms with Crippen molar-refractivity contribution in [3.8, 4) is 11.5 Å². The Morgan fingerprint density at radius 1 is 0.969 bits per heavy atom. The Hall–Kier alpha value is -3.84. The normalized spacial score (nSPS) is 10.7. The van der Waals surface area contributed by atoms with Crippen molar-refractivity contribution in [3.63, 3.8) is 0 Å². The highest BCUT2D eigenvalue weighted by Gasteiger charge is 2.08. The number of ether oxygens (including phenoxy) is 2. The van der Waals surface area contributed by atoms with E-state index in [4.69, 9.17) is 26.2 Å². The lowest BCUT2D eigenvalue weighted by Gasteiger charge is -2.13. The molecule has 0 heterocycles. The Labute approximate surface area is 190 Å². The molecule has 0 aromatic heterocycles. The monoisotopic (exact) mass is 452 g/mol. The molecule has 0 unspecified atom stereocenters. The van der Waals surface area contributed by atoms with Crippen LogP contribution in [0.15, 0.2) is 71.8 Å². The van der Waals surface area contributed by atoms with Crippen LogP contribution >= 0.6 is 11.6 Å². The van der Waals surface area contributed by atoms with Crippen molar-refractivity contribution in [1.82, 2.24) is 5.43 Å². The predicted molar refractivity (Wildman–Crippen MR) is 122 cm³/mol. The standard InChI is InChI=1S/C24H21ClN2O5/c1-2-31-22-13-17(14-26-27-23(28)18-8-10-20(25)11-9-18)5-12-21(22)32-15-16-3-6-19(7-4-16)24(29)30/h3-14H,2,15H2,1H3,(H,27,28)(H,29,30)/b26-14-. The highest BCUT2D eigenvalue weighted by atomic mass is 35.5. The number of carbonyl (C=O) groups is 2. The van der Waals surface area contributed by atoms with Gasteiger partial charge in [0, 0.05) is 10.6 Å². The number of carboxylic acids is 1. The number of carboxylic acid groups (broad SMARTS) is 1. The molecule has 3 aromatic carbocycles. The molecule has 32 heavy (non-hydrogen) atoms. The Bertz CT molecular complexity index is 1110. The van der Waals surface area contributed by atoms with Crippen LogP contribution in [0.2, 0.25) is 5.02 Å². The minimum Gasteiger partial charge on any atom is -0.490 e. The number of amides is 1. The van der Waals surface area contributed by atoms with E-state index in [9.17, 15) is 9.59 Å². The third kappa shape index (κ3) is 6.33. The van der Waals surface area contributed by atoms with Crippen molar-refractivity contribution in [2.45, 2.75) is 13.5 Å². The number of aromatic carboxylic acids is 1. The molecule has 0 spiro atoms. The summed E-state index contributed by atoms with van der Waals surface area (Å²) in [4.78, 5) is 23.1. The van der Waals surface area contributed by atoms with Gasteiger partial charge in [0.1, 0.15) is 6.61 Å². The number of nitrogens with one attached hydrogen (secondary N) is 1. The molecule has 8 heteroatoms. The molecule has 0 saturated carbocycles. The Morgan fingerprint density at radius 2 is 1.66 bits per heavy atom. The molecule has 0 atom stereocenters. The molecule has 1 amide bonds. The van der Waals surface area contributed by atoms with Gasteiger partial charge in [0.25, 0.3) is 5.91 Å². The average Bonchev–Trinajstić information content (AvgIpc) is 2.79. The zero-order valence-corrected chi connectivity index (χ0v) is 18.0. The minimum absolute atomic E-state index is 0.218. The highest BCUT2D eigenvalue weighted by molar-refractivity contribution is 6.30. The van der Waals surface area contributed by atoms with E-state index in [1.54, 1.807) is 54.6 Å². The van der Waals surface area contributed by atoms with Crippen LogP contribution in [0.25, 0.3) is 0 Å². The van der Waals surface area contributed by atoms with Crippen molar-refractivity contribution in [2.75, 3.05) is 6.61 Å². The lowest BCUT2D eigenvalue weighted by atomic mass is 10.1. The van der Waals surface area contributed by atoms with Crippen LogP contribution in [0.4, 0.5) is 0 Å². The summed E-state index contributed by atoms with van der Waals surface area (Å²) in [5, 5.41) is 13.5. The van der Waals surface area contributed by atoms with Gasteiger partial charge in [-0.2, -0.15) is 5.10 Å². The maximum absolute atomic E-state index is 12.1. The molecule has 0 saturated heterocycles. The number of hydrogen-bond acceptors (Lipinski definition) is 5. The summed E-state index contributed by atoms with van der Waals surface area (Å²) in [6, 6.07) is 18.2. The molecule has 164 valence electrons. The second kappa shape index (κ2) is 11.0. The number of halogens is 1. The quantitative estimate of drug-likeness (QED) is 0.359. The zero-order valence-electron chi connectivity index (χ0n) is 17.2. The lowest BCUT2D eigenvalue weighted by molar-refractivity contribution is 0.0696. The molecule has 3 rings (SSSR count). The summed E-state index contributed by atoms with van der Waals surface area (Å²) >= 11 is 5.82. The first-order valence-corrected chi connectivity index (χ1v) is 10.1. The highest BCUT2D eigenvalue weighted by Crippen LogP contribution is 2.29. The fourth-order valence-electron chi connectivity index (χ4n) is 2.73. The maximum atomic E-state index is 12.1. The first-order chi connectivity index (χ1) is 15.5. The van der Waals surface area contributed by atoms with E-state index in [0.717, 1.165) is 5.56 Å². The van der Waals surface area contributed by atoms with Crippen molar-refractivity contribution in [1.29, 1.82) is 0 Å². The molecule has 2 N–H and O–H groups in total. The number of hydrogen-bond donors (Lipinski definition) is 2. The van der Waals surface area contributed by atoms with Gasteiger partial charge in [-0.25, -0.2) is 10.2 Å². The van der Waals surface area contributed by atoms with Gasteiger partial charge in [-0.3, -0.25) is 4.79 Å². The summed E-state index contributed by atoms with van der Waals surface area (Å²) in [5.74, 6) is -0.256. The zero-order chi connectivity index (χ0) is 22.9. The average molecular weight is 453 g/mol. The second-order valence-corrected chi connectivity index (χ2v) is 7.07. The van der Waals surface area contributed by atoms with Gasteiger partial charge in [-0.05, 0) is 72.6 Å². The number of nitrogens with zero attached hydrogens (tertiary/aromatic N) is 1. The summed E-state index contributed by atoms with van der Waals surface area (Å²) in [6.45, 7) is 2.56. The van der Waals surface area contributed by atoms with Crippen LogP contribution in [0.1, 0.15) is 38.8 Å². The number of hydrazone groups is 1. The van der Waals surface area contributed by atoms with Gasteiger partial charge >= 0.3 is 5.97 Å². The summed E-state index contributed by atoms with van der Waals surface area (Å²) in [6.07, 6.45) is 1.50. The van der Waals surface area contributed by atoms with Gasteiger partial charge < -0.3 is 14.6 Å². The first kappa shape index (κ1) is 22.8. The number of carbonyl (C=O) groups excluding carboxylic acids is 1. The molecular formula is C24H21ClN2O5. The number of benzene rings is 3. The third-order valence-corrected chi connectivity index (χ3v) is 4.60. The van der Waals surface area contributed by atoms with E-state index in [1.807, 2.05) is 6.92 Å². The van der Waals surface area contributed by atoms with Crippen molar-refractivity contribution in [3.05, 3.63) is 94.0 Å². The lowest BCUT2D eigenvalue weighted by Crippen LogP contribution is -2.17. The fraction of sp³-hybridized carbons (Fsp3) is 0.125. The largest absolute Gasteiger partial charge is 0.490 e. The van der Waals surface area contributed by atoms with E-state index in [-0.39, 0.29) is 18.1 Å². The van der Waals surface area contributed by atoms with Gasteiger partial charge in [0.2, 0.25) is 0 Å². The summed E-state index contributed by atoms with van der Waals surface area (Å²) < 4.78 is 11.5. The minimum atomic E-state index is -0.974. The van der Waals surface area contributed by atoms with Crippen LogP contribution in [-0.2, 0) is 6.61 Å². The van der Waals surface area contributed by atoms with E-state index in [2.05, 4.69) is 10.5 Å². The van der Waals surface area contributed by atoms with Crippen molar-refractivity contribution < 1.29 is 24.2 Å². The third-order valence-electron chi connectivity index (χ3n) is 4.35. The van der Waals surface area contributed by atoms with E-state index in [1.165, 1.54) is 18.3 Å². The molecule has 0 aliphatic carbocycles. The van der Waals surface area contributed by atoms with E-state index >= 15 is 0 Å². The van der Waals surface area contributed by atoms with Gasteiger partial charge in [0.15, 0.2) is 11.5 Å². The number of rotatable bonds is 9. The Kier molecular flexibility index (Phi) is 7.83. The Morgan fingerprint density at radius 3 is 2.31 bits per heavy atom. The van der Waals surface area contributed by atoms with Crippen molar-refractivity contribution in [2.24, 2.45) is 5.10 Å². The maximum Gasteiger partial charge on any atom is 0.335 e. The van der Waals surface area contributed by atoms with Crippen LogP contribution in [-0.4, -0.2) is 29.8 Å². The van der Waals surface area contributed by atoms with E-state index < -0.39 is 5.97 Å². The van der Waals surface area contributed by atoms with Crippen molar-refractivity contribution >= 4 is 29.7 Å². The van der Waals surface area contributed by atoms with Crippen LogP contribution in [0.3, 0.4) is 0 Å².